The fourth-order valence-electron chi connectivity index (χ4n) is 5.01. The second-order valence-corrected chi connectivity index (χ2v) is 16.6. The van der Waals surface area contributed by atoms with Crippen LogP contribution in [-0.2, 0) is 32.7 Å². The number of nitrogens with zero attached hydrogens (tertiary/aromatic N) is 1. The maximum atomic E-state index is 12.7. The molecule has 0 amide bonds. The van der Waals surface area contributed by atoms with Crippen LogP contribution in [0.15, 0.2) is 109 Å². The van der Waals surface area contributed by atoms with Gasteiger partial charge in [-0.1, -0.05) is 142 Å². The van der Waals surface area contributed by atoms with E-state index in [0.717, 1.165) is 77.0 Å². The predicted octanol–water partition coefficient (Wildman–Crippen LogP) is 10.7. The first-order valence-electron chi connectivity index (χ1n) is 21.7. The van der Waals surface area contributed by atoms with Gasteiger partial charge in [0.1, 0.15) is 19.8 Å². The van der Waals surface area contributed by atoms with Crippen molar-refractivity contribution in [1.29, 1.82) is 0 Å². The molecular formula is C48H78NO9P. The third kappa shape index (κ3) is 42.6. The Morgan fingerprint density at radius 3 is 1.80 bits per heavy atom. The molecular weight excluding hydrogens is 766 g/mol. The third-order valence-corrected chi connectivity index (χ3v) is 9.35. The Hall–Kier alpha value is -3.37. The number of quaternary nitrogens is 1. The Morgan fingerprint density at radius 1 is 0.627 bits per heavy atom. The summed E-state index contributed by atoms with van der Waals surface area (Å²) in [4.78, 5) is 37.5. The van der Waals surface area contributed by atoms with Crippen LogP contribution in [0.2, 0.25) is 0 Å². The molecule has 0 spiro atoms. The van der Waals surface area contributed by atoms with E-state index in [9.17, 15) is 24.2 Å². The minimum absolute atomic E-state index is 0.0590. The van der Waals surface area contributed by atoms with Crippen molar-refractivity contribution in [2.75, 3.05) is 47.5 Å². The average molecular weight is 844 g/mol. The minimum Gasteiger partial charge on any atom is -0.756 e. The Morgan fingerprint density at radius 2 is 1.17 bits per heavy atom. The number of likely N-dealkylation sites (N-methyl/N-ethyl adjacent to an activating group) is 1. The second kappa shape index (κ2) is 38.8. The van der Waals surface area contributed by atoms with Gasteiger partial charge in [-0.3, -0.25) is 14.2 Å². The van der Waals surface area contributed by atoms with Crippen molar-refractivity contribution in [1.82, 2.24) is 0 Å². The van der Waals surface area contributed by atoms with Gasteiger partial charge in [-0.2, -0.15) is 0 Å². The molecule has 0 rings (SSSR count). The van der Waals surface area contributed by atoms with Gasteiger partial charge in [0.25, 0.3) is 7.82 Å². The summed E-state index contributed by atoms with van der Waals surface area (Å²) in [5.41, 5.74) is 0. The molecule has 3 atom stereocenters. The van der Waals surface area contributed by atoms with E-state index in [4.69, 9.17) is 18.5 Å². The Bertz CT molecular complexity index is 1380. The fraction of sp³-hybridized carbons (Fsp3) is 0.583. The minimum atomic E-state index is -4.66. The van der Waals surface area contributed by atoms with E-state index < -0.39 is 38.6 Å². The van der Waals surface area contributed by atoms with Crippen LogP contribution < -0.4 is 4.89 Å². The van der Waals surface area contributed by atoms with Gasteiger partial charge >= 0.3 is 11.9 Å². The van der Waals surface area contributed by atoms with Crippen molar-refractivity contribution in [3.63, 3.8) is 0 Å². The monoisotopic (exact) mass is 844 g/mol. The van der Waals surface area contributed by atoms with E-state index in [-0.39, 0.29) is 26.1 Å². The van der Waals surface area contributed by atoms with Crippen LogP contribution in [0.5, 0.6) is 0 Å². The zero-order valence-electron chi connectivity index (χ0n) is 37.0. The number of allylic oxidation sites excluding steroid dienone is 16. The average Bonchev–Trinajstić information content (AvgIpc) is 3.18. The lowest BCUT2D eigenvalue weighted by atomic mass is 10.1. The van der Waals surface area contributed by atoms with Crippen LogP contribution in [0, 0.1) is 0 Å². The van der Waals surface area contributed by atoms with Gasteiger partial charge in [0.15, 0.2) is 6.10 Å². The highest BCUT2D eigenvalue weighted by Gasteiger charge is 2.21. The summed E-state index contributed by atoms with van der Waals surface area (Å²) in [6, 6.07) is 0. The van der Waals surface area contributed by atoms with Gasteiger partial charge in [0.2, 0.25) is 0 Å². The number of aliphatic hydroxyl groups is 1. The number of unbranched alkanes of at least 4 members (excludes halogenated alkanes) is 5. The number of ether oxygens (including phenoxy) is 2. The van der Waals surface area contributed by atoms with Gasteiger partial charge < -0.3 is 33.0 Å². The number of phosphoric ester groups is 1. The van der Waals surface area contributed by atoms with Crippen molar-refractivity contribution < 1.29 is 47.2 Å². The van der Waals surface area contributed by atoms with Crippen LogP contribution in [0.1, 0.15) is 123 Å². The molecule has 0 bridgehead atoms. The van der Waals surface area contributed by atoms with E-state index in [1.165, 1.54) is 0 Å². The molecule has 11 heteroatoms. The molecule has 0 aliphatic heterocycles. The molecule has 0 heterocycles. The molecule has 0 aliphatic carbocycles. The molecule has 0 aliphatic rings. The zero-order chi connectivity index (χ0) is 43.7. The predicted molar refractivity (Wildman–Crippen MR) is 241 cm³/mol. The highest BCUT2D eigenvalue weighted by atomic mass is 31.2. The normalized spacial score (nSPS) is 15.2. The topological polar surface area (TPSA) is 131 Å². The molecule has 0 saturated carbocycles. The highest BCUT2D eigenvalue weighted by Crippen LogP contribution is 2.38. The van der Waals surface area contributed by atoms with Crippen molar-refractivity contribution in [2.45, 2.75) is 135 Å². The van der Waals surface area contributed by atoms with E-state index in [1.54, 1.807) is 6.08 Å². The lowest BCUT2D eigenvalue weighted by molar-refractivity contribution is -0.870. The summed E-state index contributed by atoms with van der Waals surface area (Å²) >= 11 is 0. The van der Waals surface area contributed by atoms with Crippen LogP contribution in [0.3, 0.4) is 0 Å². The first-order valence-corrected chi connectivity index (χ1v) is 23.2. The summed E-state index contributed by atoms with van der Waals surface area (Å²) in [6.45, 7) is 3.75. The first kappa shape index (κ1) is 55.6. The van der Waals surface area contributed by atoms with Crippen LogP contribution in [-0.4, -0.2) is 81.2 Å². The molecule has 0 aromatic rings. The summed E-state index contributed by atoms with van der Waals surface area (Å²) < 4.78 is 33.7. The van der Waals surface area contributed by atoms with Crippen molar-refractivity contribution >= 4 is 19.8 Å². The quantitative estimate of drug-likeness (QED) is 0.0162. The molecule has 0 aromatic heterocycles. The zero-order valence-corrected chi connectivity index (χ0v) is 37.9. The number of carbonyl (C=O) groups is 2. The van der Waals surface area contributed by atoms with Crippen LogP contribution in [0.25, 0.3) is 0 Å². The number of phosphoric acid groups is 1. The van der Waals surface area contributed by atoms with Gasteiger partial charge in [-0.15, -0.1) is 0 Å². The summed E-state index contributed by atoms with van der Waals surface area (Å²) in [7, 11) is 1.07. The van der Waals surface area contributed by atoms with Gasteiger partial charge in [-0.05, 0) is 77.0 Å². The van der Waals surface area contributed by atoms with Gasteiger partial charge in [0, 0.05) is 12.8 Å². The van der Waals surface area contributed by atoms with Gasteiger partial charge in [0.05, 0.1) is 33.9 Å². The molecule has 0 radical (unpaired) electrons. The Balaban J connectivity index is 4.57. The number of carbonyl (C=O) groups excluding carboxylic acids is 2. The standard InChI is InChI=1S/C48H78NO9P/c1-6-8-10-11-12-13-14-15-16-19-23-26-29-32-36-40-48(52)58-46(44-57-59(53,54)56-42-41-49(3,4)5)43-55-47(51)39-35-31-28-25-22-20-17-18-21-24-27-30-34-38-45(50)37-33-9-7-2/h8-10,12-13,15-16,18,20-22,27-28,30-31,33-34,38,45-46,50H,6-7,11,14,17,19,23-26,29,32,35-37,39-44H2,1-5H3/b10-8-,13-12-,16-15-,21-18-,22-20-,30-27+,31-28-,33-9-,38-34+/t45?,46-/m1/s1. The fourth-order valence-corrected chi connectivity index (χ4v) is 5.74. The van der Waals surface area contributed by atoms with E-state index in [1.807, 2.05) is 63.7 Å². The second-order valence-electron chi connectivity index (χ2n) is 15.1. The van der Waals surface area contributed by atoms with Crippen LogP contribution >= 0.6 is 7.82 Å². The SMILES string of the molecule is CC/C=C\C/C=C\C/C=C\CCCCCCCC(=O)O[C@H](COC(=O)CC/C=C\C/C=C\C/C=C\C/C=C/C=C/C(O)C/C=C\CC)COP(=O)([O-])OCC[N+](C)(C)C. The van der Waals surface area contributed by atoms with Crippen molar-refractivity contribution in [3.05, 3.63) is 109 Å². The first-order chi connectivity index (χ1) is 28.4. The van der Waals surface area contributed by atoms with Crippen LogP contribution in [0.4, 0.5) is 0 Å². The molecule has 0 fully saturated rings. The summed E-state index contributed by atoms with van der Waals surface area (Å²) in [5, 5.41) is 9.84. The van der Waals surface area contributed by atoms with E-state index in [2.05, 4.69) is 74.6 Å². The number of hydrogen-bond acceptors (Lipinski definition) is 9. The summed E-state index contributed by atoms with van der Waals surface area (Å²) in [5.74, 6) is -0.987. The molecule has 2 unspecified atom stereocenters. The number of hydrogen-bond donors (Lipinski definition) is 1. The molecule has 59 heavy (non-hydrogen) atoms. The summed E-state index contributed by atoms with van der Waals surface area (Å²) in [6.07, 6.45) is 48.9. The molecule has 0 saturated heterocycles. The number of aliphatic hydroxyl groups excluding tert-OH is 1. The van der Waals surface area contributed by atoms with Crippen molar-refractivity contribution in [3.8, 4) is 0 Å². The smallest absolute Gasteiger partial charge is 0.306 e. The molecule has 1 N–H and O–H groups in total. The number of rotatable bonds is 37. The molecule has 10 nitrogen and oxygen atoms in total. The number of esters is 2. The lowest BCUT2D eigenvalue weighted by Crippen LogP contribution is -2.37. The molecule has 0 aromatic carbocycles. The highest BCUT2D eigenvalue weighted by molar-refractivity contribution is 7.45. The van der Waals surface area contributed by atoms with Crippen molar-refractivity contribution in [2.24, 2.45) is 0 Å². The maximum Gasteiger partial charge on any atom is 0.306 e. The van der Waals surface area contributed by atoms with Gasteiger partial charge in [-0.25, -0.2) is 0 Å². The lowest BCUT2D eigenvalue weighted by Gasteiger charge is -2.28. The maximum absolute atomic E-state index is 12.7. The Labute approximate surface area is 358 Å². The largest absolute Gasteiger partial charge is 0.756 e. The Kier molecular flexibility index (Phi) is 36.6. The third-order valence-electron chi connectivity index (χ3n) is 8.38. The van der Waals surface area contributed by atoms with E-state index in [0.29, 0.717) is 30.3 Å². The molecule has 334 valence electrons. The van der Waals surface area contributed by atoms with E-state index >= 15 is 0 Å².